The first-order chi connectivity index (χ1) is 6.34. The smallest absolute Gasteiger partial charge is 0.00235 e. The minimum atomic E-state index is 1.33. The summed E-state index contributed by atoms with van der Waals surface area (Å²) in [5, 5.41) is 0. The van der Waals surface area contributed by atoms with E-state index in [-0.39, 0.29) is 0 Å². The highest BCUT2D eigenvalue weighted by Gasteiger charge is 2.08. The van der Waals surface area contributed by atoms with Crippen molar-refractivity contribution in [3.05, 3.63) is 10.5 Å². The standard InChI is InChI=1S/C12H22S/c1-3-4-10-13-11(2)12-8-6-5-7-9-12/h3-10H2,1-2H3. The molecule has 0 radical (unpaired) electrons. The van der Waals surface area contributed by atoms with E-state index in [9.17, 15) is 0 Å². The van der Waals surface area contributed by atoms with Crippen LogP contribution in [0.15, 0.2) is 10.5 Å². The van der Waals surface area contributed by atoms with Crippen LogP contribution in [0.5, 0.6) is 0 Å². The Kier molecular flexibility index (Phi) is 5.61. The maximum absolute atomic E-state index is 2.32. The van der Waals surface area contributed by atoms with Gasteiger partial charge in [-0.15, -0.1) is 11.8 Å². The molecule has 0 N–H and O–H groups in total. The Morgan fingerprint density at radius 2 is 1.92 bits per heavy atom. The molecule has 13 heavy (non-hydrogen) atoms. The van der Waals surface area contributed by atoms with Crippen molar-refractivity contribution in [1.29, 1.82) is 0 Å². The van der Waals surface area contributed by atoms with Gasteiger partial charge in [-0.1, -0.05) is 25.3 Å². The summed E-state index contributed by atoms with van der Waals surface area (Å²) in [6, 6.07) is 0. The lowest BCUT2D eigenvalue weighted by Gasteiger charge is -2.16. The quantitative estimate of drug-likeness (QED) is 0.587. The molecule has 1 saturated carbocycles. The van der Waals surface area contributed by atoms with Gasteiger partial charge in [0.25, 0.3) is 0 Å². The van der Waals surface area contributed by atoms with Crippen LogP contribution in [0, 0.1) is 0 Å². The number of thioether (sulfide) groups is 1. The van der Waals surface area contributed by atoms with Crippen LogP contribution in [0.2, 0.25) is 0 Å². The number of unbranched alkanes of at least 4 members (excludes halogenated alkanes) is 1. The van der Waals surface area contributed by atoms with E-state index in [1.807, 2.05) is 0 Å². The summed E-state index contributed by atoms with van der Waals surface area (Å²) in [6.07, 6.45) is 9.78. The average Bonchev–Trinajstić information content (AvgIpc) is 2.19. The van der Waals surface area contributed by atoms with Gasteiger partial charge in [-0.25, -0.2) is 0 Å². The highest BCUT2D eigenvalue weighted by Crippen LogP contribution is 2.30. The van der Waals surface area contributed by atoms with Gasteiger partial charge in [-0.05, 0) is 49.7 Å². The zero-order valence-electron chi connectivity index (χ0n) is 9.07. The molecule has 1 rings (SSSR count). The summed E-state index contributed by atoms with van der Waals surface area (Å²) >= 11 is 2.09. The molecular weight excluding hydrogens is 176 g/mol. The highest BCUT2D eigenvalue weighted by molar-refractivity contribution is 8.03. The maximum Gasteiger partial charge on any atom is -0.00235 e. The molecule has 1 aliphatic rings. The number of hydrogen-bond donors (Lipinski definition) is 0. The van der Waals surface area contributed by atoms with Crippen LogP contribution in [0.4, 0.5) is 0 Å². The fraction of sp³-hybridized carbons (Fsp3) is 0.833. The highest BCUT2D eigenvalue weighted by atomic mass is 32.2. The average molecular weight is 198 g/mol. The predicted octanol–water partition coefficient (Wildman–Crippen LogP) is 4.76. The van der Waals surface area contributed by atoms with E-state index in [1.165, 1.54) is 50.7 Å². The first kappa shape index (κ1) is 11.2. The van der Waals surface area contributed by atoms with Crippen molar-refractivity contribution in [2.75, 3.05) is 5.75 Å². The van der Waals surface area contributed by atoms with Crippen molar-refractivity contribution in [1.82, 2.24) is 0 Å². The molecule has 0 unspecified atom stereocenters. The molecule has 1 aliphatic carbocycles. The van der Waals surface area contributed by atoms with E-state index in [1.54, 1.807) is 10.5 Å². The lowest BCUT2D eigenvalue weighted by molar-refractivity contribution is 0.597. The summed E-state index contributed by atoms with van der Waals surface area (Å²) in [5.41, 5.74) is 1.76. The molecule has 0 spiro atoms. The minimum absolute atomic E-state index is 1.33. The van der Waals surface area contributed by atoms with Crippen molar-refractivity contribution in [2.45, 2.75) is 58.8 Å². The molecule has 0 amide bonds. The first-order valence-electron chi connectivity index (χ1n) is 5.66. The normalized spacial score (nSPS) is 17.5. The molecule has 0 aliphatic heterocycles. The number of hydrogen-bond acceptors (Lipinski definition) is 1. The monoisotopic (exact) mass is 198 g/mol. The van der Waals surface area contributed by atoms with Crippen LogP contribution in [0.3, 0.4) is 0 Å². The minimum Gasteiger partial charge on any atom is -0.131 e. The lowest BCUT2D eigenvalue weighted by Crippen LogP contribution is -1.95. The van der Waals surface area contributed by atoms with Gasteiger partial charge in [0.1, 0.15) is 0 Å². The predicted molar refractivity (Wildman–Crippen MR) is 63.2 cm³/mol. The van der Waals surface area contributed by atoms with E-state index in [0.29, 0.717) is 0 Å². The summed E-state index contributed by atoms with van der Waals surface area (Å²) in [7, 11) is 0. The second kappa shape index (κ2) is 6.53. The molecule has 0 aromatic carbocycles. The molecule has 76 valence electrons. The SMILES string of the molecule is CCCCSC(C)=C1CCCCC1. The third-order valence-electron chi connectivity index (χ3n) is 2.77. The van der Waals surface area contributed by atoms with Crippen molar-refractivity contribution < 1.29 is 0 Å². The van der Waals surface area contributed by atoms with Crippen molar-refractivity contribution in [2.24, 2.45) is 0 Å². The van der Waals surface area contributed by atoms with Crippen LogP contribution in [-0.2, 0) is 0 Å². The van der Waals surface area contributed by atoms with E-state index in [4.69, 9.17) is 0 Å². The zero-order valence-corrected chi connectivity index (χ0v) is 9.88. The molecule has 1 heteroatoms. The summed E-state index contributed by atoms with van der Waals surface area (Å²) in [6.45, 7) is 4.59. The summed E-state index contributed by atoms with van der Waals surface area (Å²) in [4.78, 5) is 1.63. The Morgan fingerprint density at radius 1 is 1.23 bits per heavy atom. The van der Waals surface area contributed by atoms with Crippen molar-refractivity contribution in [3.63, 3.8) is 0 Å². The summed E-state index contributed by atoms with van der Waals surface area (Å²) in [5.74, 6) is 1.33. The van der Waals surface area contributed by atoms with Gasteiger partial charge in [-0.2, -0.15) is 0 Å². The van der Waals surface area contributed by atoms with Gasteiger partial charge in [0.05, 0.1) is 0 Å². The summed E-state index contributed by atoms with van der Waals surface area (Å²) < 4.78 is 0. The second-order valence-electron chi connectivity index (χ2n) is 3.92. The van der Waals surface area contributed by atoms with Crippen LogP contribution in [0.25, 0.3) is 0 Å². The fourth-order valence-corrected chi connectivity index (χ4v) is 2.95. The van der Waals surface area contributed by atoms with E-state index < -0.39 is 0 Å². The van der Waals surface area contributed by atoms with Crippen LogP contribution < -0.4 is 0 Å². The van der Waals surface area contributed by atoms with Crippen LogP contribution >= 0.6 is 11.8 Å². The topological polar surface area (TPSA) is 0 Å². The third-order valence-corrected chi connectivity index (χ3v) is 3.99. The third kappa shape index (κ3) is 4.21. The molecule has 0 aromatic heterocycles. The Morgan fingerprint density at radius 3 is 2.54 bits per heavy atom. The van der Waals surface area contributed by atoms with Gasteiger partial charge < -0.3 is 0 Å². The van der Waals surface area contributed by atoms with E-state index in [2.05, 4.69) is 25.6 Å². The van der Waals surface area contributed by atoms with Gasteiger partial charge in [0.15, 0.2) is 0 Å². The maximum atomic E-state index is 2.32. The van der Waals surface area contributed by atoms with Crippen LogP contribution in [0.1, 0.15) is 58.8 Å². The number of rotatable bonds is 4. The van der Waals surface area contributed by atoms with Crippen molar-refractivity contribution >= 4 is 11.8 Å². The Balaban J connectivity index is 2.29. The lowest BCUT2D eigenvalue weighted by atomic mass is 9.95. The zero-order chi connectivity index (χ0) is 9.52. The molecule has 0 bridgehead atoms. The van der Waals surface area contributed by atoms with Gasteiger partial charge in [-0.3, -0.25) is 0 Å². The molecule has 1 fully saturated rings. The van der Waals surface area contributed by atoms with Gasteiger partial charge in [0, 0.05) is 0 Å². The van der Waals surface area contributed by atoms with E-state index >= 15 is 0 Å². The Labute approximate surface area is 87.2 Å². The van der Waals surface area contributed by atoms with Crippen molar-refractivity contribution in [3.8, 4) is 0 Å². The Bertz CT molecular complexity index is 162. The molecule has 0 heterocycles. The van der Waals surface area contributed by atoms with Gasteiger partial charge >= 0.3 is 0 Å². The van der Waals surface area contributed by atoms with Crippen LogP contribution in [-0.4, -0.2) is 5.75 Å². The largest absolute Gasteiger partial charge is 0.131 e. The van der Waals surface area contributed by atoms with Gasteiger partial charge in [0.2, 0.25) is 0 Å². The first-order valence-corrected chi connectivity index (χ1v) is 6.64. The number of allylic oxidation sites excluding steroid dienone is 2. The molecule has 0 atom stereocenters. The molecular formula is C12H22S. The molecule has 0 aromatic rings. The fourth-order valence-electron chi connectivity index (χ4n) is 1.80. The second-order valence-corrected chi connectivity index (χ2v) is 5.23. The molecule has 0 saturated heterocycles. The molecule has 0 nitrogen and oxygen atoms in total. The Hall–Kier alpha value is 0.0900. The van der Waals surface area contributed by atoms with E-state index in [0.717, 1.165) is 0 Å².